The van der Waals surface area contributed by atoms with E-state index in [1.54, 1.807) is 24.3 Å². The molecule has 0 aliphatic carbocycles. The van der Waals surface area contributed by atoms with Crippen LogP contribution in [0.5, 0.6) is 5.75 Å². The molecule has 0 bridgehead atoms. The van der Waals surface area contributed by atoms with Crippen LogP contribution in [0.25, 0.3) is 0 Å². The summed E-state index contributed by atoms with van der Waals surface area (Å²) in [6, 6.07) is 20.2. The molecule has 0 fully saturated rings. The van der Waals surface area contributed by atoms with Crippen molar-refractivity contribution in [3.8, 4) is 5.75 Å². The molecule has 0 aromatic heterocycles. The fourth-order valence-electron chi connectivity index (χ4n) is 2.56. The van der Waals surface area contributed by atoms with Crippen molar-refractivity contribution < 1.29 is 9.53 Å². The number of halogens is 1. The molecule has 1 amide bonds. The number of benzene rings is 3. The molecule has 3 rings (SSSR count). The highest BCUT2D eigenvalue weighted by atomic mass is 35.5. The van der Waals surface area contributed by atoms with Gasteiger partial charge < -0.3 is 10.1 Å². The number of hydrogen-bond acceptors (Lipinski definition) is 4. The van der Waals surface area contributed by atoms with Crippen molar-refractivity contribution >= 4 is 34.6 Å². The van der Waals surface area contributed by atoms with Crippen LogP contribution >= 0.6 is 11.6 Å². The lowest BCUT2D eigenvalue weighted by atomic mass is 10.1. The zero-order chi connectivity index (χ0) is 19.9. The van der Waals surface area contributed by atoms with Crippen LogP contribution in [0.15, 0.2) is 77.0 Å². The van der Waals surface area contributed by atoms with Crippen molar-refractivity contribution in [2.45, 2.75) is 13.8 Å². The summed E-state index contributed by atoms with van der Waals surface area (Å²) in [5, 5.41) is 11.8. The first-order chi connectivity index (χ1) is 13.5. The van der Waals surface area contributed by atoms with E-state index in [1.165, 1.54) is 0 Å². The highest BCUT2D eigenvalue weighted by Crippen LogP contribution is 2.26. The first-order valence-electron chi connectivity index (χ1n) is 8.77. The van der Waals surface area contributed by atoms with Gasteiger partial charge in [-0.05, 0) is 73.5 Å². The normalized spacial score (nSPS) is 10.8. The van der Waals surface area contributed by atoms with E-state index < -0.39 is 0 Å². The summed E-state index contributed by atoms with van der Waals surface area (Å²) in [4.78, 5) is 12.1. The van der Waals surface area contributed by atoms with E-state index in [2.05, 4.69) is 15.5 Å². The van der Waals surface area contributed by atoms with Gasteiger partial charge in [0.25, 0.3) is 5.91 Å². The third-order valence-corrected chi connectivity index (χ3v) is 4.56. The lowest BCUT2D eigenvalue weighted by molar-refractivity contribution is -0.118. The molecule has 6 heteroatoms. The topological polar surface area (TPSA) is 63.0 Å². The number of anilines is 1. The molecule has 0 spiro atoms. The number of ether oxygens (including phenoxy) is 1. The lowest BCUT2D eigenvalue weighted by Gasteiger charge is -2.10. The average Bonchev–Trinajstić information content (AvgIpc) is 2.70. The first-order valence-corrected chi connectivity index (χ1v) is 9.15. The van der Waals surface area contributed by atoms with Crippen LogP contribution in [0.4, 0.5) is 17.1 Å². The second kappa shape index (κ2) is 9.15. The number of carbonyl (C=O) groups is 1. The van der Waals surface area contributed by atoms with Gasteiger partial charge in [-0.25, -0.2) is 0 Å². The van der Waals surface area contributed by atoms with Crippen molar-refractivity contribution in [2.75, 3.05) is 11.9 Å². The predicted octanol–water partition coefficient (Wildman–Crippen LogP) is 6.39. The van der Waals surface area contributed by atoms with Crippen LogP contribution in [0, 0.1) is 13.8 Å². The van der Waals surface area contributed by atoms with Crippen molar-refractivity contribution in [3.05, 3.63) is 82.9 Å². The highest BCUT2D eigenvalue weighted by molar-refractivity contribution is 6.32. The molecule has 142 valence electrons. The quantitative estimate of drug-likeness (QED) is 0.493. The SMILES string of the molecule is Cc1cc(OCC(=O)Nc2ccc(N=Nc3ccccc3)cc2)cc(C)c1Cl. The van der Waals surface area contributed by atoms with Gasteiger partial charge >= 0.3 is 0 Å². The number of nitrogens with zero attached hydrogens (tertiary/aromatic N) is 2. The standard InChI is InChI=1S/C22H20ClN3O2/c1-15-12-20(13-16(2)22(15)23)28-14-21(27)24-17-8-10-19(11-9-17)26-25-18-6-4-3-5-7-18/h3-13H,14H2,1-2H3,(H,24,27). The second-order valence-electron chi connectivity index (χ2n) is 6.29. The fourth-order valence-corrected chi connectivity index (χ4v) is 2.67. The zero-order valence-electron chi connectivity index (χ0n) is 15.6. The molecule has 3 aromatic rings. The van der Waals surface area contributed by atoms with Crippen LogP contribution in [0.1, 0.15) is 11.1 Å². The van der Waals surface area contributed by atoms with Crippen LogP contribution in [-0.4, -0.2) is 12.5 Å². The average molecular weight is 394 g/mol. The maximum absolute atomic E-state index is 12.1. The lowest BCUT2D eigenvalue weighted by Crippen LogP contribution is -2.20. The fraction of sp³-hybridized carbons (Fsp3) is 0.136. The Hall–Kier alpha value is -3.18. The van der Waals surface area contributed by atoms with Gasteiger partial charge in [-0.2, -0.15) is 10.2 Å². The Morgan fingerprint density at radius 3 is 2.11 bits per heavy atom. The molecule has 0 unspecified atom stereocenters. The molecule has 3 aromatic carbocycles. The van der Waals surface area contributed by atoms with Crippen LogP contribution < -0.4 is 10.1 Å². The molecule has 0 saturated heterocycles. The van der Waals surface area contributed by atoms with Gasteiger partial charge in [-0.3, -0.25) is 4.79 Å². The molecule has 28 heavy (non-hydrogen) atoms. The van der Waals surface area contributed by atoms with E-state index in [0.29, 0.717) is 22.1 Å². The molecule has 0 radical (unpaired) electrons. The van der Waals surface area contributed by atoms with Crippen molar-refractivity contribution in [1.82, 2.24) is 0 Å². The van der Waals surface area contributed by atoms with Gasteiger partial charge in [0.2, 0.25) is 0 Å². The Morgan fingerprint density at radius 1 is 0.929 bits per heavy atom. The number of carbonyl (C=O) groups excluding carboxylic acids is 1. The zero-order valence-corrected chi connectivity index (χ0v) is 16.4. The molecule has 5 nitrogen and oxygen atoms in total. The molecular formula is C22H20ClN3O2. The number of amides is 1. The van der Waals surface area contributed by atoms with E-state index >= 15 is 0 Å². The van der Waals surface area contributed by atoms with Gasteiger partial charge in [0, 0.05) is 10.7 Å². The van der Waals surface area contributed by atoms with E-state index in [9.17, 15) is 4.79 Å². The Kier molecular flexibility index (Phi) is 6.40. The number of rotatable bonds is 6. The number of azo groups is 1. The van der Waals surface area contributed by atoms with Crippen molar-refractivity contribution in [1.29, 1.82) is 0 Å². The molecule has 1 N–H and O–H groups in total. The largest absolute Gasteiger partial charge is 0.484 e. The third kappa shape index (κ3) is 5.41. The van der Waals surface area contributed by atoms with E-state index in [-0.39, 0.29) is 12.5 Å². The maximum atomic E-state index is 12.1. The molecular weight excluding hydrogens is 374 g/mol. The molecule has 0 aliphatic heterocycles. The minimum atomic E-state index is -0.246. The molecule has 0 saturated carbocycles. The van der Waals surface area contributed by atoms with E-state index in [4.69, 9.17) is 16.3 Å². The summed E-state index contributed by atoms with van der Waals surface area (Å²) < 4.78 is 5.56. The van der Waals surface area contributed by atoms with Crippen LogP contribution in [0.2, 0.25) is 5.02 Å². The Morgan fingerprint density at radius 2 is 1.50 bits per heavy atom. The summed E-state index contributed by atoms with van der Waals surface area (Å²) in [6.45, 7) is 3.72. The smallest absolute Gasteiger partial charge is 0.262 e. The summed E-state index contributed by atoms with van der Waals surface area (Å²) in [7, 11) is 0. The Labute approximate surface area is 169 Å². The first kappa shape index (κ1) is 19.6. The summed E-state index contributed by atoms with van der Waals surface area (Å²) >= 11 is 6.14. The second-order valence-corrected chi connectivity index (χ2v) is 6.67. The minimum Gasteiger partial charge on any atom is -0.484 e. The van der Waals surface area contributed by atoms with Gasteiger partial charge in [0.05, 0.1) is 11.4 Å². The minimum absolute atomic E-state index is 0.0873. The predicted molar refractivity (Wildman–Crippen MR) is 112 cm³/mol. The number of nitrogens with one attached hydrogen (secondary N) is 1. The maximum Gasteiger partial charge on any atom is 0.262 e. The van der Waals surface area contributed by atoms with E-state index in [1.807, 2.05) is 56.3 Å². The molecule has 0 atom stereocenters. The number of hydrogen-bond donors (Lipinski definition) is 1. The third-order valence-electron chi connectivity index (χ3n) is 3.97. The van der Waals surface area contributed by atoms with Gasteiger partial charge in [-0.1, -0.05) is 29.8 Å². The van der Waals surface area contributed by atoms with Crippen molar-refractivity contribution in [2.24, 2.45) is 10.2 Å². The number of aryl methyl sites for hydroxylation is 2. The Bertz CT molecular complexity index is 963. The van der Waals surface area contributed by atoms with Crippen LogP contribution in [-0.2, 0) is 4.79 Å². The van der Waals surface area contributed by atoms with Gasteiger partial charge in [0.1, 0.15) is 5.75 Å². The van der Waals surface area contributed by atoms with Gasteiger partial charge in [0.15, 0.2) is 6.61 Å². The molecule has 0 heterocycles. The van der Waals surface area contributed by atoms with E-state index in [0.717, 1.165) is 16.8 Å². The highest BCUT2D eigenvalue weighted by Gasteiger charge is 2.07. The summed E-state index contributed by atoms with van der Waals surface area (Å²) in [6.07, 6.45) is 0. The summed E-state index contributed by atoms with van der Waals surface area (Å²) in [5.41, 5.74) is 3.97. The molecule has 0 aliphatic rings. The Balaban J connectivity index is 1.54. The van der Waals surface area contributed by atoms with Crippen LogP contribution in [0.3, 0.4) is 0 Å². The summed E-state index contributed by atoms with van der Waals surface area (Å²) in [5.74, 6) is 0.370. The van der Waals surface area contributed by atoms with Crippen molar-refractivity contribution in [3.63, 3.8) is 0 Å². The monoisotopic (exact) mass is 393 g/mol. The van der Waals surface area contributed by atoms with Gasteiger partial charge in [-0.15, -0.1) is 0 Å².